The lowest BCUT2D eigenvalue weighted by molar-refractivity contribution is -0.122. The molecule has 148 valence electrons. The van der Waals surface area contributed by atoms with Gasteiger partial charge in [-0.2, -0.15) is 0 Å². The summed E-state index contributed by atoms with van der Waals surface area (Å²) in [6, 6.07) is 13.9. The van der Waals surface area contributed by atoms with Crippen molar-refractivity contribution in [1.82, 2.24) is 4.90 Å². The van der Waals surface area contributed by atoms with Crippen LogP contribution in [0.2, 0.25) is 0 Å². The van der Waals surface area contributed by atoms with Gasteiger partial charge in [0.15, 0.2) is 0 Å². The molecule has 0 unspecified atom stereocenters. The number of nitrogens with one attached hydrogen (secondary N) is 1. The van der Waals surface area contributed by atoms with Crippen LogP contribution in [0, 0.1) is 6.92 Å². The number of benzene rings is 2. The maximum absolute atomic E-state index is 12.6. The molecular weight excluding hydrogens is 408 g/mol. The fourth-order valence-corrected chi connectivity index (χ4v) is 4.02. The molecule has 2 aromatic rings. The smallest absolute Gasteiger partial charge is 0.337 e. The minimum Gasteiger partial charge on any atom is -0.478 e. The van der Waals surface area contributed by atoms with Crippen LogP contribution in [0.25, 0.3) is 6.08 Å². The van der Waals surface area contributed by atoms with Crippen LogP contribution in [0.3, 0.4) is 0 Å². The highest BCUT2D eigenvalue weighted by Crippen LogP contribution is 2.32. The summed E-state index contributed by atoms with van der Waals surface area (Å²) >= 11 is 6.49. The first-order chi connectivity index (χ1) is 13.8. The summed E-state index contributed by atoms with van der Waals surface area (Å²) in [4.78, 5) is 38.0. The lowest BCUT2D eigenvalue weighted by Crippen LogP contribution is -2.31. The standard InChI is InChI=1S/C21H18N2O4S2/c1-13-6-8-14(9-7-13)12-17-19(25)23(21(28)29-17)11-10-18(24)22-16-5-3-2-4-15(16)20(26)27/h2-9,12H,10-11H2,1H3,(H,22,24)(H,26,27)/b17-12-. The Labute approximate surface area is 177 Å². The van der Waals surface area contributed by atoms with E-state index in [9.17, 15) is 19.5 Å². The Morgan fingerprint density at radius 1 is 1.17 bits per heavy atom. The van der Waals surface area contributed by atoms with Gasteiger partial charge in [-0.1, -0.05) is 65.9 Å². The molecule has 2 amide bonds. The number of hydrogen-bond donors (Lipinski definition) is 2. The second-order valence-electron chi connectivity index (χ2n) is 6.39. The van der Waals surface area contributed by atoms with E-state index in [1.165, 1.54) is 28.8 Å². The van der Waals surface area contributed by atoms with Crippen LogP contribution >= 0.6 is 24.0 Å². The van der Waals surface area contributed by atoms with E-state index in [4.69, 9.17) is 12.2 Å². The molecule has 29 heavy (non-hydrogen) atoms. The molecular formula is C21H18N2O4S2. The zero-order valence-electron chi connectivity index (χ0n) is 15.5. The summed E-state index contributed by atoms with van der Waals surface area (Å²) < 4.78 is 0.395. The van der Waals surface area contributed by atoms with Crippen molar-refractivity contribution in [3.05, 3.63) is 70.1 Å². The summed E-state index contributed by atoms with van der Waals surface area (Å²) in [7, 11) is 0. The van der Waals surface area contributed by atoms with Crippen molar-refractivity contribution in [3.63, 3.8) is 0 Å². The first kappa shape index (κ1) is 20.8. The van der Waals surface area contributed by atoms with Crippen molar-refractivity contribution in [2.75, 3.05) is 11.9 Å². The van der Waals surface area contributed by atoms with Gasteiger partial charge in [-0.3, -0.25) is 14.5 Å². The average molecular weight is 427 g/mol. The highest BCUT2D eigenvalue weighted by Gasteiger charge is 2.32. The molecule has 8 heteroatoms. The Balaban J connectivity index is 1.63. The maximum Gasteiger partial charge on any atom is 0.337 e. The lowest BCUT2D eigenvalue weighted by atomic mass is 10.1. The number of thioether (sulfide) groups is 1. The molecule has 0 spiro atoms. The number of carboxylic acids is 1. The van der Waals surface area contributed by atoms with Crippen LogP contribution in [0.15, 0.2) is 53.4 Å². The summed E-state index contributed by atoms with van der Waals surface area (Å²) in [5.41, 5.74) is 2.26. The third-order valence-electron chi connectivity index (χ3n) is 4.24. The summed E-state index contributed by atoms with van der Waals surface area (Å²) in [5, 5.41) is 11.8. The Morgan fingerprint density at radius 2 is 1.86 bits per heavy atom. The molecule has 0 atom stereocenters. The van der Waals surface area contributed by atoms with Gasteiger partial charge in [0, 0.05) is 13.0 Å². The number of para-hydroxylation sites is 1. The van der Waals surface area contributed by atoms with Gasteiger partial charge in [0.2, 0.25) is 5.91 Å². The predicted molar refractivity (Wildman–Crippen MR) is 118 cm³/mol. The Hall–Kier alpha value is -2.97. The van der Waals surface area contributed by atoms with Crippen LogP contribution in [-0.2, 0) is 9.59 Å². The number of nitrogens with zero attached hydrogens (tertiary/aromatic N) is 1. The van der Waals surface area contributed by atoms with Crippen molar-refractivity contribution in [3.8, 4) is 0 Å². The first-order valence-corrected chi connectivity index (χ1v) is 10.0. The van der Waals surface area contributed by atoms with E-state index < -0.39 is 11.9 Å². The van der Waals surface area contributed by atoms with E-state index >= 15 is 0 Å². The Bertz CT molecular complexity index is 1020. The molecule has 1 saturated heterocycles. The number of carbonyl (C=O) groups excluding carboxylic acids is 2. The van der Waals surface area contributed by atoms with Crippen molar-refractivity contribution < 1.29 is 19.5 Å². The number of carboxylic acid groups (broad SMARTS) is 1. The molecule has 2 aromatic carbocycles. The van der Waals surface area contributed by atoms with E-state index in [2.05, 4.69) is 5.32 Å². The minimum absolute atomic E-state index is 0.00178. The Kier molecular flexibility index (Phi) is 6.46. The summed E-state index contributed by atoms with van der Waals surface area (Å²) in [6.07, 6.45) is 1.78. The summed E-state index contributed by atoms with van der Waals surface area (Å²) in [5.74, 6) is -1.76. The number of thiocarbonyl (C=S) groups is 1. The van der Waals surface area contributed by atoms with Crippen molar-refractivity contribution in [1.29, 1.82) is 0 Å². The van der Waals surface area contributed by atoms with E-state index in [1.807, 2.05) is 31.2 Å². The zero-order chi connectivity index (χ0) is 21.0. The van der Waals surface area contributed by atoms with Gasteiger partial charge in [-0.15, -0.1) is 0 Å². The molecule has 0 saturated carbocycles. The summed E-state index contributed by atoms with van der Waals surface area (Å²) in [6.45, 7) is 2.11. The zero-order valence-corrected chi connectivity index (χ0v) is 17.2. The highest BCUT2D eigenvalue weighted by molar-refractivity contribution is 8.26. The number of rotatable bonds is 6. The van der Waals surface area contributed by atoms with E-state index in [1.54, 1.807) is 18.2 Å². The lowest BCUT2D eigenvalue weighted by Gasteiger charge is -2.14. The van der Waals surface area contributed by atoms with Crippen LogP contribution in [0.5, 0.6) is 0 Å². The third-order valence-corrected chi connectivity index (χ3v) is 5.62. The highest BCUT2D eigenvalue weighted by atomic mass is 32.2. The van der Waals surface area contributed by atoms with Gasteiger partial charge in [0.25, 0.3) is 5.91 Å². The van der Waals surface area contributed by atoms with E-state index in [0.717, 1.165) is 11.1 Å². The molecule has 1 heterocycles. The number of carbonyl (C=O) groups is 3. The molecule has 1 aliphatic heterocycles. The van der Waals surface area contributed by atoms with Crippen LogP contribution < -0.4 is 5.32 Å². The number of hydrogen-bond acceptors (Lipinski definition) is 5. The average Bonchev–Trinajstić information content (AvgIpc) is 2.95. The van der Waals surface area contributed by atoms with Gasteiger partial charge < -0.3 is 10.4 Å². The topological polar surface area (TPSA) is 86.7 Å². The third kappa shape index (κ3) is 5.10. The molecule has 1 fully saturated rings. The van der Waals surface area contributed by atoms with Gasteiger partial charge in [-0.05, 0) is 30.7 Å². The van der Waals surface area contributed by atoms with Crippen LogP contribution in [-0.4, -0.2) is 38.7 Å². The van der Waals surface area contributed by atoms with Gasteiger partial charge in [0.05, 0.1) is 16.2 Å². The predicted octanol–water partition coefficient (Wildman–Crippen LogP) is 3.92. The van der Waals surface area contributed by atoms with Crippen molar-refractivity contribution in [2.24, 2.45) is 0 Å². The number of anilines is 1. The van der Waals surface area contributed by atoms with Gasteiger partial charge >= 0.3 is 5.97 Å². The largest absolute Gasteiger partial charge is 0.478 e. The second kappa shape index (κ2) is 9.02. The SMILES string of the molecule is Cc1ccc(/C=C2\SC(=S)N(CCC(=O)Nc3ccccc3C(=O)O)C2=O)cc1. The fourth-order valence-electron chi connectivity index (χ4n) is 2.71. The minimum atomic E-state index is -1.13. The monoisotopic (exact) mass is 426 g/mol. The fraction of sp³-hybridized carbons (Fsp3) is 0.143. The molecule has 2 N–H and O–H groups in total. The van der Waals surface area contributed by atoms with E-state index in [0.29, 0.717) is 9.23 Å². The van der Waals surface area contributed by atoms with Gasteiger partial charge in [0.1, 0.15) is 4.32 Å². The molecule has 0 bridgehead atoms. The van der Waals surface area contributed by atoms with Gasteiger partial charge in [-0.25, -0.2) is 4.79 Å². The number of aryl methyl sites for hydroxylation is 1. The van der Waals surface area contributed by atoms with Crippen LogP contribution in [0.1, 0.15) is 27.9 Å². The normalized spacial score (nSPS) is 15.1. The van der Waals surface area contributed by atoms with Crippen molar-refractivity contribution in [2.45, 2.75) is 13.3 Å². The quantitative estimate of drug-likeness (QED) is 0.538. The Morgan fingerprint density at radius 3 is 2.55 bits per heavy atom. The first-order valence-electron chi connectivity index (χ1n) is 8.79. The second-order valence-corrected chi connectivity index (χ2v) is 8.07. The number of amides is 2. The molecule has 3 rings (SSSR count). The van der Waals surface area contributed by atoms with E-state index in [-0.39, 0.29) is 30.1 Å². The van der Waals surface area contributed by atoms with Crippen LogP contribution in [0.4, 0.5) is 5.69 Å². The maximum atomic E-state index is 12.6. The molecule has 0 radical (unpaired) electrons. The van der Waals surface area contributed by atoms with Crippen molar-refractivity contribution >= 4 is 57.8 Å². The number of aromatic carboxylic acids is 1. The molecule has 0 aliphatic carbocycles. The molecule has 1 aliphatic rings. The molecule has 6 nitrogen and oxygen atoms in total. The molecule has 0 aromatic heterocycles.